The lowest BCUT2D eigenvalue weighted by Crippen LogP contribution is -2.51. The fourth-order valence-electron chi connectivity index (χ4n) is 3.34. The van der Waals surface area contributed by atoms with E-state index in [1.165, 1.54) is 12.1 Å². The topological polar surface area (TPSA) is 35.2 Å². The van der Waals surface area contributed by atoms with E-state index in [1.807, 2.05) is 20.8 Å². The Balaban J connectivity index is 3.49. The van der Waals surface area contributed by atoms with Gasteiger partial charge < -0.3 is 10.2 Å². The number of halogens is 3. The molecule has 0 heterocycles. The molecule has 1 aromatic carbocycles. The Morgan fingerprint density at radius 2 is 1.58 bits per heavy atom. The van der Waals surface area contributed by atoms with Crippen molar-refractivity contribution < 1.29 is 17.6 Å². The van der Waals surface area contributed by atoms with E-state index < -0.39 is 43.2 Å². The summed E-state index contributed by atoms with van der Waals surface area (Å²) in [5.74, 6) is -4.38. The van der Waals surface area contributed by atoms with Crippen molar-refractivity contribution in [3.63, 3.8) is 0 Å². The fourth-order valence-corrected chi connectivity index (χ4v) is 6.35. The number of rotatable bonds is 8. The molecule has 1 aromatic rings. The minimum Gasteiger partial charge on any atom is -0.407 e. The van der Waals surface area contributed by atoms with Crippen LogP contribution in [-0.4, -0.2) is 14.4 Å². The second-order valence-corrected chi connectivity index (χ2v) is 13.0. The Labute approximate surface area is 157 Å². The van der Waals surface area contributed by atoms with Gasteiger partial charge in [-0.2, -0.15) is 8.78 Å². The smallest absolute Gasteiger partial charge is 0.300 e. The zero-order valence-electron chi connectivity index (χ0n) is 17.1. The molecule has 0 fully saturated rings. The van der Waals surface area contributed by atoms with Crippen molar-refractivity contribution >= 4 is 8.32 Å². The second kappa shape index (κ2) is 8.44. The van der Waals surface area contributed by atoms with Crippen molar-refractivity contribution in [3.8, 4) is 0 Å². The van der Waals surface area contributed by atoms with E-state index in [1.54, 1.807) is 27.7 Å². The monoisotopic (exact) mass is 389 g/mol. The minimum atomic E-state index is -3.45. The molecule has 0 bridgehead atoms. The Morgan fingerprint density at radius 1 is 1.08 bits per heavy atom. The summed E-state index contributed by atoms with van der Waals surface area (Å²) in [6, 6.07) is 5.65. The van der Waals surface area contributed by atoms with Crippen LogP contribution < -0.4 is 5.73 Å². The summed E-state index contributed by atoms with van der Waals surface area (Å²) < 4.78 is 52.2. The summed E-state index contributed by atoms with van der Waals surface area (Å²) in [4.78, 5) is 0. The van der Waals surface area contributed by atoms with Gasteiger partial charge >= 0.3 is 5.92 Å². The molecule has 0 amide bonds. The SMILES string of the molecule is CC[Si](CC)(CC)OC(C(C)(C)C)C(F)(F)c1cccc(C(C)N)c1F. The van der Waals surface area contributed by atoms with Crippen molar-refractivity contribution in [3.05, 3.63) is 35.1 Å². The summed E-state index contributed by atoms with van der Waals surface area (Å²) in [5, 5.41) is 0. The van der Waals surface area contributed by atoms with Crippen LogP contribution in [0.25, 0.3) is 0 Å². The molecular formula is C20H34F3NOSi. The van der Waals surface area contributed by atoms with E-state index in [0.717, 1.165) is 24.2 Å². The Morgan fingerprint density at radius 3 is 1.96 bits per heavy atom. The van der Waals surface area contributed by atoms with Crippen LogP contribution in [0.15, 0.2) is 18.2 Å². The quantitative estimate of drug-likeness (QED) is 0.524. The molecule has 0 aliphatic carbocycles. The maximum Gasteiger partial charge on any atom is 0.300 e. The predicted molar refractivity (Wildman–Crippen MR) is 104 cm³/mol. The Kier molecular flexibility index (Phi) is 7.53. The molecule has 2 atom stereocenters. The normalized spacial score (nSPS) is 15.8. The number of hydrogen-bond donors (Lipinski definition) is 1. The zero-order chi connectivity index (χ0) is 20.3. The summed E-state index contributed by atoms with van der Waals surface area (Å²) >= 11 is 0. The summed E-state index contributed by atoms with van der Waals surface area (Å²) in [7, 11) is -2.31. The van der Waals surface area contributed by atoms with Crippen LogP contribution in [0.1, 0.15) is 65.6 Å². The standard InChI is InChI=1S/C20H34F3NOSi/c1-8-26(9-2,10-3)25-18(19(5,6)7)20(22,23)16-13-11-12-15(14(4)24)17(16)21/h11-14,18H,8-10,24H2,1-7H3. The first-order valence-electron chi connectivity index (χ1n) is 9.46. The third-order valence-corrected chi connectivity index (χ3v) is 9.90. The molecule has 0 aromatic heterocycles. The van der Waals surface area contributed by atoms with Gasteiger partial charge in [0.25, 0.3) is 0 Å². The first kappa shape index (κ1) is 23.2. The van der Waals surface area contributed by atoms with Crippen LogP contribution >= 0.6 is 0 Å². The molecule has 0 spiro atoms. The first-order chi connectivity index (χ1) is 11.9. The van der Waals surface area contributed by atoms with Crippen molar-refractivity contribution in [1.82, 2.24) is 0 Å². The maximum absolute atomic E-state index is 15.6. The van der Waals surface area contributed by atoms with Crippen LogP contribution in [0.2, 0.25) is 18.1 Å². The number of alkyl halides is 2. The van der Waals surface area contributed by atoms with Gasteiger partial charge in [0.2, 0.25) is 0 Å². The third-order valence-electron chi connectivity index (χ3n) is 5.29. The van der Waals surface area contributed by atoms with Gasteiger partial charge in [0, 0.05) is 11.6 Å². The molecule has 0 radical (unpaired) electrons. The van der Waals surface area contributed by atoms with Gasteiger partial charge in [-0.3, -0.25) is 0 Å². The van der Waals surface area contributed by atoms with E-state index in [2.05, 4.69) is 0 Å². The molecule has 0 saturated carbocycles. The van der Waals surface area contributed by atoms with E-state index in [0.29, 0.717) is 0 Å². The van der Waals surface area contributed by atoms with Crippen molar-refractivity contribution in [2.75, 3.05) is 0 Å². The van der Waals surface area contributed by atoms with Crippen LogP contribution in [0.4, 0.5) is 13.2 Å². The molecule has 2 N–H and O–H groups in total. The molecule has 0 saturated heterocycles. The highest BCUT2D eigenvalue weighted by atomic mass is 28.4. The van der Waals surface area contributed by atoms with Gasteiger partial charge in [-0.15, -0.1) is 0 Å². The largest absolute Gasteiger partial charge is 0.407 e. The summed E-state index contributed by atoms with van der Waals surface area (Å²) in [6.45, 7) is 12.7. The molecule has 26 heavy (non-hydrogen) atoms. The number of benzene rings is 1. The van der Waals surface area contributed by atoms with Crippen LogP contribution in [-0.2, 0) is 10.3 Å². The Hall–Kier alpha value is -0.853. The lowest BCUT2D eigenvalue weighted by molar-refractivity contribution is -0.149. The molecule has 2 nitrogen and oxygen atoms in total. The first-order valence-corrected chi connectivity index (χ1v) is 12.0. The van der Waals surface area contributed by atoms with Crippen LogP contribution in [0.5, 0.6) is 0 Å². The summed E-state index contributed by atoms with van der Waals surface area (Å²) in [5.41, 5.74) is 4.37. The fraction of sp³-hybridized carbons (Fsp3) is 0.700. The molecule has 2 unspecified atom stereocenters. The average molecular weight is 390 g/mol. The number of nitrogens with two attached hydrogens (primary N) is 1. The highest BCUT2D eigenvalue weighted by molar-refractivity contribution is 6.73. The highest BCUT2D eigenvalue weighted by Gasteiger charge is 2.53. The predicted octanol–water partition coefficient (Wildman–Crippen LogP) is 6.37. The second-order valence-electron chi connectivity index (χ2n) is 8.23. The van der Waals surface area contributed by atoms with E-state index in [9.17, 15) is 4.39 Å². The van der Waals surface area contributed by atoms with Crippen molar-refractivity contribution in [2.24, 2.45) is 11.1 Å². The molecule has 150 valence electrons. The lowest BCUT2D eigenvalue weighted by Gasteiger charge is -2.43. The van der Waals surface area contributed by atoms with Crippen LogP contribution in [0, 0.1) is 11.2 Å². The van der Waals surface area contributed by atoms with E-state index >= 15 is 8.78 Å². The zero-order valence-corrected chi connectivity index (χ0v) is 18.1. The minimum absolute atomic E-state index is 0.0971. The average Bonchev–Trinajstić information content (AvgIpc) is 2.55. The van der Waals surface area contributed by atoms with Gasteiger partial charge in [-0.25, -0.2) is 4.39 Å². The molecule has 6 heteroatoms. The van der Waals surface area contributed by atoms with Gasteiger partial charge in [-0.1, -0.05) is 53.7 Å². The van der Waals surface area contributed by atoms with Gasteiger partial charge in [0.15, 0.2) is 8.32 Å². The van der Waals surface area contributed by atoms with Crippen molar-refractivity contribution in [1.29, 1.82) is 0 Å². The van der Waals surface area contributed by atoms with Crippen LogP contribution in [0.3, 0.4) is 0 Å². The molecule has 0 aliphatic heterocycles. The van der Waals surface area contributed by atoms with Gasteiger partial charge in [0.05, 0.1) is 5.56 Å². The number of hydrogen-bond acceptors (Lipinski definition) is 2. The summed E-state index contributed by atoms with van der Waals surface area (Å²) in [6.07, 6.45) is -1.40. The molecule has 0 aliphatic rings. The third kappa shape index (κ3) is 4.70. The van der Waals surface area contributed by atoms with Crippen molar-refractivity contribution in [2.45, 2.75) is 84.7 Å². The highest BCUT2D eigenvalue weighted by Crippen LogP contribution is 2.46. The maximum atomic E-state index is 15.6. The van der Waals surface area contributed by atoms with E-state index in [-0.39, 0.29) is 5.56 Å². The Bertz CT molecular complexity index is 587. The molecular weight excluding hydrogens is 355 g/mol. The van der Waals surface area contributed by atoms with Gasteiger partial charge in [0.1, 0.15) is 11.9 Å². The molecule has 1 rings (SSSR count). The lowest BCUT2D eigenvalue weighted by atomic mass is 9.82. The van der Waals surface area contributed by atoms with Gasteiger partial charge in [-0.05, 0) is 36.5 Å². The van der Waals surface area contributed by atoms with E-state index in [4.69, 9.17) is 10.2 Å².